The van der Waals surface area contributed by atoms with Crippen molar-refractivity contribution in [2.24, 2.45) is 0 Å². The summed E-state index contributed by atoms with van der Waals surface area (Å²) in [6.07, 6.45) is 4.86. The van der Waals surface area contributed by atoms with Crippen LogP contribution < -0.4 is 10.1 Å². The minimum Gasteiger partial charge on any atom is -0.496 e. The van der Waals surface area contributed by atoms with Crippen molar-refractivity contribution in [1.82, 2.24) is 10.3 Å². The van der Waals surface area contributed by atoms with Gasteiger partial charge in [-0.2, -0.15) is 0 Å². The van der Waals surface area contributed by atoms with Crippen LogP contribution in [0.4, 0.5) is 0 Å². The number of nitrogens with zero attached hydrogens (tertiary/aromatic N) is 1. The SMILES string of the molecule is CCCNC(c1ccncc1C)c1cc(C)ccc1OC. The molecule has 1 heterocycles. The van der Waals surface area contributed by atoms with E-state index < -0.39 is 0 Å². The van der Waals surface area contributed by atoms with E-state index in [2.05, 4.69) is 49.3 Å². The second kappa shape index (κ2) is 7.23. The molecule has 0 saturated carbocycles. The number of benzene rings is 1. The van der Waals surface area contributed by atoms with Crippen LogP contribution >= 0.6 is 0 Å². The van der Waals surface area contributed by atoms with Crippen LogP contribution in [0.2, 0.25) is 0 Å². The summed E-state index contributed by atoms with van der Waals surface area (Å²) in [6.45, 7) is 7.35. The first-order valence-electron chi connectivity index (χ1n) is 7.45. The summed E-state index contributed by atoms with van der Waals surface area (Å²) in [5, 5.41) is 3.64. The zero-order valence-corrected chi connectivity index (χ0v) is 13.3. The standard InChI is InChI=1S/C18H24N2O/c1-5-9-20-18(15-8-10-19-12-14(15)3)16-11-13(2)6-7-17(16)21-4/h6-8,10-12,18,20H,5,9H2,1-4H3. The van der Waals surface area contributed by atoms with E-state index in [1.165, 1.54) is 22.3 Å². The number of nitrogens with one attached hydrogen (secondary N) is 1. The van der Waals surface area contributed by atoms with Gasteiger partial charge in [0, 0.05) is 18.0 Å². The Kier molecular flexibility index (Phi) is 5.34. The normalized spacial score (nSPS) is 12.2. The Bertz CT molecular complexity index is 596. The molecule has 1 atom stereocenters. The van der Waals surface area contributed by atoms with Crippen LogP contribution in [0.25, 0.3) is 0 Å². The highest BCUT2D eigenvalue weighted by molar-refractivity contribution is 5.45. The highest BCUT2D eigenvalue weighted by Crippen LogP contribution is 2.32. The molecule has 0 bridgehead atoms. The van der Waals surface area contributed by atoms with Gasteiger partial charge in [-0.05, 0) is 50.1 Å². The van der Waals surface area contributed by atoms with E-state index in [1.807, 2.05) is 18.5 Å². The third-order valence-electron chi connectivity index (χ3n) is 3.67. The van der Waals surface area contributed by atoms with Crippen molar-refractivity contribution in [2.45, 2.75) is 33.2 Å². The molecule has 2 rings (SSSR count). The molecule has 0 radical (unpaired) electrons. The van der Waals surface area contributed by atoms with E-state index in [0.29, 0.717) is 0 Å². The van der Waals surface area contributed by atoms with Crippen LogP contribution in [0.1, 0.15) is 41.6 Å². The van der Waals surface area contributed by atoms with E-state index in [0.717, 1.165) is 18.7 Å². The second-order valence-electron chi connectivity index (χ2n) is 5.36. The van der Waals surface area contributed by atoms with Crippen molar-refractivity contribution < 1.29 is 4.74 Å². The zero-order valence-electron chi connectivity index (χ0n) is 13.3. The minimum atomic E-state index is 0.128. The number of methoxy groups -OCH3 is 1. The third kappa shape index (κ3) is 3.61. The van der Waals surface area contributed by atoms with E-state index in [9.17, 15) is 0 Å². The van der Waals surface area contributed by atoms with Crippen LogP contribution in [0.15, 0.2) is 36.7 Å². The maximum Gasteiger partial charge on any atom is 0.123 e. The summed E-state index contributed by atoms with van der Waals surface area (Å²) in [6, 6.07) is 8.54. The molecule has 0 aliphatic carbocycles. The molecular weight excluding hydrogens is 260 g/mol. The lowest BCUT2D eigenvalue weighted by Crippen LogP contribution is -2.24. The van der Waals surface area contributed by atoms with Gasteiger partial charge in [-0.15, -0.1) is 0 Å². The van der Waals surface area contributed by atoms with E-state index in [-0.39, 0.29) is 6.04 Å². The van der Waals surface area contributed by atoms with Gasteiger partial charge >= 0.3 is 0 Å². The Balaban J connectivity index is 2.50. The van der Waals surface area contributed by atoms with Gasteiger partial charge in [0.15, 0.2) is 0 Å². The first-order valence-corrected chi connectivity index (χ1v) is 7.45. The van der Waals surface area contributed by atoms with Crippen LogP contribution in [-0.2, 0) is 0 Å². The van der Waals surface area contributed by atoms with Gasteiger partial charge in [0.1, 0.15) is 5.75 Å². The van der Waals surface area contributed by atoms with Crippen molar-refractivity contribution in [3.63, 3.8) is 0 Å². The number of hydrogen-bond acceptors (Lipinski definition) is 3. The lowest BCUT2D eigenvalue weighted by molar-refractivity contribution is 0.403. The molecule has 0 saturated heterocycles. The summed E-state index contributed by atoms with van der Waals surface area (Å²) >= 11 is 0. The average molecular weight is 284 g/mol. The Hall–Kier alpha value is -1.87. The molecule has 0 amide bonds. The number of ether oxygens (including phenoxy) is 1. The molecule has 112 valence electrons. The van der Waals surface area contributed by atoms with E-state index in [4.69, 9.17) is 4.74 Å². The van der Waals surface area contributed by atoms with Crippen molar-refractivity contribution in [1.29, 1.82) is 0 Å². The van der Waals surface area contributed by atoms with Gasteiger partial charge in [0.05, 0.1) is 13.2 Å². The van der Waals surface area contributed by atoms with Crippen LogP contribution in [0, 0.1) is 13.8 Å². The topological polar surface area (TPSA) is 34.2 Å². The summed E-state index contributed by atoms with van der Waals surface area (Å²) in [5.74, 6) is 0.922. The Morgan fingerprint density at radius 1 is 1.19 bits per heavy atom. The molecule has 0 aliphatic rings. The van der Waals surface area contributed by atoms with Crippen LogP contribution in [0.5, 0.6) is 5.75 Å². The summed E-state index contributed by atoms with van der Waals surface area (Å²) in [5.41, 5.74) is 4.86. The second-order valence-corrected chi connectivity index (χ2v) is 5.36. The van der Waals surface area contributed by atoms with Crippen molar-refractivity contribution in [2.75, 3.05) is 13.7 Å². The number of aromatic nitrogens is 1. The number of aryl methyl sites for hydroxylation is 2. The first-order chi connectivity index (χ1) is 10.2. The highest BCUT2D eigenvalue weighted by Gasteiger charge is 2.19. The fraction of sp³-hybridized carbons (Fsp3) is 0.389. The fourth-order valence-corrected chi connectivity index (χ4v) is 2.56. The number of hydrogen-bond donors (Lipinski definition) is 1. The third-order valence-corrected chi connectivity index (χ3v) is 3.67. The van der Waals surface area contributed by atoms with E-state index in [1.54, 1.807) is 7.11 Å². The molecule has 0 aliphatic heterocycles. The van der Waals surface area contributed by atoms with Crippen molar-refractivity contribution in [3.05, 3.63) is 58.9 Å². The smallest absolute Gasteiger partial charge is 0.123 e. The quantitative estimate of drug-likeness (QED) is 0.876. The molecule has 3 nitrogen and oxygen atoms in total. The summed E-state index contributed by atoms with van der Waals surface area (Å²) in [7, 11) is 1.73. The van der Waals surface area contributed by atoms with Crippen molar-refractivity contribution >= 4 is 0 Å². The number of rotatable bonds is 6. The van der Waals surface area contributed by atoms with Gasteiger partial charge in [-0.3, -0.25) is 4.98 Å². The maximum absolute atomic E-state index is 5.57. The molecular formula is C18H24N2O. The Morgan fingerprint density at radius 3 is 2.67 bits per heavy atom. The predicted octanol–water partition coefficient (Wildman–Crippen LogP) is 3.80. The molecule has 0 spiro atoms. The summed E-state index contributed by atoms with van der Waals surface area (Å²) in [4.78, 5) is 4.20. The lowest BCUT2D eigenvalue weighted by Gasteiger charge is -2.23. The molecule has 3 heteroatoms. The molecule has 1 unspecified atom stereocenters. The van der Waals surface area contributed by atoms with Gasteiger partial charge in [-0.25, -0.2) is 0 Å². The largest absolute Gasteiger partial charge is 0.496 e. The molecule has 1 aromatic carbocycles. The Morgan fingerprint density at radius 2 is 2.00 bits per heavy atom. The molecule has 0 fully saturated rings. The van der Waals surface area contributed by atoms with Crippen LogP contribution in [0.3, 0.4) is 0 Å². The average Bonchev–Trinajstić information content (AvgIpc) is 2.49. The molecule has 21 heavy (non-hydrogen) atoms. The fourth-order valence-electron chi connectivity index (χ4n) is 2.56. The minimum absolute atomic E-state index is 0.128. The van der Waals surface area contributed by atoms with Gasteiger partial charge in [0.2, 0.25) is 0 Å². The van der Waals surface area contributed by atoms with Gasteiger partial charge in [-0.1, -0.05) is 24.6 Å². The first kappa shape index (κ1) is 15.5. The summed E-state index contributed by atoms with van der Waals surface area (Å²) < 4.78 is 5.57. The van der Waals surface area contributed by atoms with Crippen molar-refractivity contribution in [3.8, 4) is 5.75 Å². The van der Waals surface area contributed by atoms with Gasteiger partial charge in [0.25, 0.3) is 0 Å². The maximum atomic E-state index is 5.57. The molecule has 1 N–H and O–H groups in total. The van der Waals surface area contributed by atoms with E-state index >= 15 is 0 Å². The number of pyridine rings is 1. The van der Waals surface area contributed by atoms with Gasteiger partial charge < -0.3 is 10.1 Å². The molecule has 2 aromatic rings. The molecule has 1 aromatic heterocycles. The lowest BCUT2D eigenvalue weighted by atomic mass is 9.94. The zero-order chi connectivity index (χ0) is 15.2. The monoisotopic (exact) mass is 284 g/mol. The van der Waals surface area contributed by atoms with Crippen LogP contribution in [-0.4, -0.2) is 18.6 Å². The predicted molar refractivity (Wildman–Crippen MR) is 86.8 cm³/mol. The Labute approximate surface area is 127 Å². The highest BCUT2D eigenvalue weighted by atomic mass is 16.5.